The Bertz CT molecular complexity index is 1270. The zero-order valence-corrected chi connectivity index (χ0v) is 19.3. The van der Waals surface area contributed by atoms with Crippen LogP contribution in [-0.4, -0.2) is 60.2 Å². The predicted molar refractivity (Wildman–Crippen MR) is 128 cm³/mol. The van der Waals surface area contributed by atoms with E-state index in [1.54, 1.807) is 34.1 Å². The number of piperazine rings is 1. The third-order valence-corrected chi connectivity index (χ3v) is 6.12. The fraction of sp³-hybridized carbons (Fsp3) is 0.222. The van der Waals surface area contributed by atoms with Gasteiger partial charge in [-0.2, -0.15) is 0 Å². The smallest absolute Gasteiger partial charge is 0.254 e. The Hall–Kier alpha value is -4.14. The summed E-state index contributed by atoms with van der Waals surface area (Å²) in [6, 6.07) is 16.3. The van der Waals surface area contributed by atoms with Crippen LogP contribution >= 0.6 is 0 Å². The SMILES string of the molecule is O=C(NCC(=O)N1CCN(C(=O)c2ccccc2CF)CC1)c1ccc(-c2cccc(F)c2F)cc1. The van der Waals surface area contributed by atoms with Crippen molar-refractivity contribution in [3.63, 3.8) is 0 Å². The second-order valence-electron chi connectivity index (χ2n) is 8.33. The summed E-state index contributed by atoms with van der Waals surface area (Å²) in [5, 5.41) is 2.56. The summed E-state index contributed by atoms with van der Waals surface area (Å²) in [5.41, 5.74) is 1.42. The molecule has 1 heterocycles. The maximum absolute atomic E-state index is 14.0. The van der Waals surface area contributed by atoms with Crippen molar-refractivity contribution in [1.82, 2.24) is 15.1 Å². The van der Waals surface area contributed by atoms with Gasteiger partial charge in [0.05, 0.1) is 6.54 Å². The first-order valence-electron chi connectivity index (χ1n) is 11.4. The first-order valence-corrected chi connectivity index (χ1v) is 11.4. The average Bonchev–Trinajstić information content (AvgIpc) is 2.92. The second-order valence-corrected chi connectivity index (χ2v) is 8.33. The molecular formula is C27H24F3N3O3. The van der Waals surface area contributed by atoms with E-state index in [0.29, 0.717) is 42.9 Å². The van der Waals surface area contributed by atoms with Gasteiger partial charge in [0, 0.05) is 42.9 Å². The number of halogens is 3. The summed E-state index contributed by atoms with van der Waals surface area (Å²) in [6.45, 7) is 0.245. The van der Waals surface area contributed by atoms with Crippen LogP contribution in [0.5, 0.6) is 0 Å². The lowest BCUT2D eigenvalue weighted by molar-refractivity contribution is -0.131. The van der Waals surface area contributed by atoms with Crippen molar-refractivity contribution in [1.29, 1.82) is 0 Å². The quantitative estimate of drug-likeness (QED) is 0.566. The maximum Gasteiger partial charge on any atom is 0.254 e. The van der Waals surface area contributed by atoms with Crippen LogP contribution in [0.25, 0.3) is 11.1 Å². The zero-order valence-electron chi connectivity index (χ0n) is 19.3. The number of amides is 3. The van der Waals surface area contributed by atoms with E-state index < -0.39 is 24.2 Å². The van der Waals surface area contributed by atoms with Gasteiger partial charge >= 0.3 is 0 Å². The van der Waals surface area contributed by atoms with E-state index in [-0.39, 0.29) is 29.5 Å². The van der Waals surface area contributed by atoms with E-state index >= 15 is 0 Å². The van der Waals surface area contributed by atoms with Gasteiger partial charge in [-0.05, 0) is 35.4 Å². The van der Waals surface area contributed by atoms with Gasteiger partial charge in [0.25, 0.3) is 11.8 Å². The minimum absolute atomic E-state index is 0.0861. The van der Waals surface area contributed by atoms with Crippen molar-refractivity contribution in [3.05, 3.63) is 95.1 Å². The lowest BCUT2D eigenvalue weighted by Crippen LogP contribution is -2.52. The molecule has 3 amide bonds. The summed E-state index contributed by atoms with van der Waals surface area (Å²) >= 11 is 0. The highest BCUT2D eigenvalue weighted by atomic mass is 19.2. The van der Waals surface area contributed by atoms with E-state index in [0.717, 1.165) is 6.07 Å². The largest absolute Gasteiger partial charge is 0.343 e. The molecule has 3 aromatic carbocycles. The Kier molecular flexibility index (Phi) is 7.68. The number of nitrogens with zero attached hydrogens (tertiary/aromatic N) is 2. The Labute approximate surface area is 206 Å². The number of benzene rings is 3. The molecule has 0 saturated carbocycles. The van der Waals surface area contributed by atoms with E-state index in [9.17, 15) is 27.6 Å². The van der Waals surface area contributed by atoms with Gasteiger partial charge in [-0.1, -0.05) is 42.5 Å². The zero-order chi connectivity index (χ0) is 25.7. The van der Waals surface area contributed by atoms with Crippen molar-refractivity contribution >= 4 is 17.7 Å². The van der Waals surface area contributed by atoms with Crippen LogP contribution in [0.15, 0.2) is 66.7 Å². The third kappa shape index (κ3) is 5.40. The normalized spacial score (nSPS) is 13.4. The minimum Gasteiger partial charge on any atom is -0.343 e. The fourth-order valence-electron chi connectivity index (χ4n) is 4.07. The molecule has 36 heavy (non-hydrogen) atoms. The minimum atomic E-state index is -0.964. The molecule has 3 aromatic rings. The summed E-state index contributed by atoms with van der Waals surface area (Å²) in [5.74, 6) is -2.97. The van der Waals surface area contributed by atoms with Crippen LogP contribution in [-0.2, 0) is 11.5 Å². The number of carbonyl (C=O) groups is 3. The van der Waals surface area contributed by atoms with E-state index in [1.807, 2.05) is 0 Å². The molecule has 0 aliphatic carbocycles. The third-order valence-electron chi connectivity index (χ3n) is 6.12. The molecule has 1 N–H and O–H groups in total. The Morgan fingerprint density at radius 1 is 0.806 bits per heavy atom. The molecule has 1 aliphatic rings. The number of nitrogens with one attached hydrogen (secondary N) is 1. The molecule has 0 unspecified atom stereocenters. The Morgan fingerprint density at radius 2 is 1.47 bits per heavy atom. The van der Waals surface area contributed by atoms with Gasteiger partial charge < -0.3 is 15.1 Å². The monoisotopic (exact) mass is 495 g/mol. The molecular weight excluding hydrogens is 471 g/mol. The van der Waals surface area contributed by atoms with Gasteiger partial charge in [0.1, 0.15) is 6.67 Å². The van der Waals surface area contributed by atoms with Crippen LogP contribution in [0, 0.1) is 11.6 Å². The number of hydrogen-bond donors (Lipinski definition) is 1. The van der Waals surface area contributed by atoms with Crippen LogP contribution in [0.4, 0.5) is 13.2 Å². The van der Waals surface area contributed by atoms with Gasteiger partial charge in [-0.3, -0.25) is 14.4 Å². The molecule has 0 radical (unpaired) electrons. The Balaban J connectivity index is 1.28. The maximum atomic E-state index is 14.0. The summed E-state index contributed by atoms with van der Waals surface area (Å²) in [4.78, 5) is 40.9. The first-order chi connectivity index (χ1) is 17.4. The molecule has 9 heteroatoms. The Morgan fingerprint density at radius 3 is 2.17 bits per heavy atom. The van der Waals surface area contributed by atoms with Gasteiger partial charge in [0.15, 0.2) is 11.6 Å². The predicted octanol–water partition coefficient (Wildman–Crippen LogP) is 3.82. The van der Waals surface area contributed by atoms with Crippen molar-refractivity contribution < 1.29 is 27.6 Å². The molecule has 6 nitrogen and oxygen atoms in total. The fourth-order valence-corrected chi connectivity index (χ4v) is 4.07. The lowest BCUT2D eigenvalue weighted by atomic mass is 10.0. The van der Waals surface area contributed by atoms with Crippen LogP contribution in [0.3, 0.4) is 0 Å². The summed E-state index contributed by atoms with van der Waals surface area (Å²) in [7, 11) is 0. The molecule has 4 rings (SSSR count). The van der Waals surface area contributed by atoms with Crippen LogP contribution < -0.4 is 5.32 Å². The van der Waals surface area contributed by atoms with Crippen molar-refractivity contribution in [2.45, 2.75) is 6.67 Å². The van der Waals surface area contributed by atoms with Crippen LogP contribution in [0.2, 0.25) is 0 Å². The van der Waals surface area contributed by atoms with Crippen LogP contribution in [0.1, 0.15) is 26.3 Å². The van der Waals surface area contributed by atoms with E-state index in [4.69, 9.17) is 0 Å². The first kappa shape index (κ1) is 25.0. The summed E-state index contributed by atoms with van der Waals surface area (Å²) < 4.78 is 40.6. The average molecular weight is 496 g/mol. The number of carbonyl (C=O) groups excluding carboxylic acids is 3. The highest BCUT2D eigenvalue weighted by Gasteiger charge is 2.26. The molecule has 0 spiro atoms. The highest BCUT2D eigenvalue weighted by Crippen LogP contribution is 2.24. The molecule has 1 aliphatic heterocycles. The molecule has 1 saturated heterocycles. The number of hydrogen-bond acceptors (Lipinski definition) is 3. The van der Waals surface area contributed by atoms with E-state index in [1.165, 1.54) is 36.4 Å². The van der Waals surface area contributed by atoms with Gasteiger partial charge in [-0.15, -0.1) is 0 Å². The van der Waals surface area contributed by atoms with Gasteiger partial charge in [0.2, 0.25) is 5.91 Å². The second kappa shape index (κ2) is 11.1. The molecule has 0 atom stereocenters. The standard InChI is InChI=1S/C27H24F3N3O3/c28-16-20-4-1-2-5-22(20)27(36)33-14-12-32(13-15-33)24(34)17-31-26(35)19-10-8-18(9-11-19)21-6-3-7-23(29)25(21)30/h1-11H,12-17H2,(H,31,35). The van der Waals surface area contributed by atoms with E-state index in [2.05, 4.69) is 5.32 Å². The topological polar surface area (TPSA) is 69.7 Å². The number of alkyl halides is 1. The van der Waals surface area contributed by atoms with Crippen molar-refractivity contribution in [2.24, 2.45) is 0 Å². The lowest BCUT2D eigenvalue weighted by Gasteiger charge is -2.35. The molecule has 186 valence electrons. The molecule has 0 bridgehead atoms. The molecule has 1 fully saturated rings. The van der Waals surface area contributed by atoms with Crippen molar-refractivity contribution in [2.75, 3.05) is 32.7 Å². The highest BCUT2D eigenvalue weighted by molar-refractivity contribution is 5.97. The van der Waals surface area contributed by atoms with Crippen molar-refractivity contribution in [3.8, 4) is 11.1 Å². The summed E-state index contributed by atoms with van der Waals surface area (Å²) in [6.07, 6.45) is 0. The number of rotatable bonds is 6. The molecule has 0 aromatic heterocycles. The van der Waals surface area contributed by atoms with Gasteiger partial charge in [-0.25, -0.2) is 13.2 Å².